The number of fused-ring (bicyclic) bond motifs is 1. The molecule has 0 saturated carbocycles. The highest BCUT2D eigenvalue weighted by atomic mass is 15.1. The van der Waals surface area contributed by atoms with E-state index in [1.165, 1.54) is 0 Å². The van der Waals surface area contributed by atoms with E-state index >= 15 is 0 Å². The Balaban J connectivity index is 2.35. The average molecular weight is 239 g/mol. The highest BCUT2D eigenvalue weighted by Gasteiger charge is 2.17. The van der Waals surface area contributed by atoms with Gasteiger partial charge in [0.05, 0.1) is 17.1 Å². The SMILES string of the molecule is CC(N)c1nc2ncccn2c1-c1ccccn1. The molecule has 0 spiro atoms. The van der Waals surface area contributed by atoms with Crippen LogP contribution in [0.25, 0.3) is 17.2 Å². The van der Waals surface area contributed by atoms with Gasteiger partial charge in [0.1, 0.15) is 0 Å². The van der Waals surface area contributed by atoms with Gasteiger partial charge in [-0.05, 0) is 25.1 Å². The Morgan fingerprint density at radius 3 is 2.72 bits per heavy atom. The quantitative estimate of drug-likeness (QED) is 0.740. The van der Waals surface area contributed by atoms with Crippen molar-refractivity contribution in [2.24, 2.45) is 5.73 Å². The first-order chi connectivity index (χ1) is 8.77. The summed E-state index contributed by atoms with van der Waals surface area (Å²) < 4.78 is 1.92. The van der Waals surface area contributed by atoms with Crippen LogP contribution in [0.15, 0.2) is 42.9 Å². The van der Waals surface area contributed by atoms with Crippen molar-refractivity contribution in [3.05, 3.63) is 48.5 Å². The summed E-state index contributed by atoms with van der Waals surface area (Å²) in [6, 6.07) is 7.48. The van der Waals surface area contributed by atoms with E-state index in [-0.39, 0.29) is 6.04 Å². The van der Waals surface area contributed by atoms with Crippen molar-refractivity contribution in [3.63, 3.8) is 0 Å². The molecule has 5 heteroatoms. The molecular formula is C13H13N5. The zero-order valence-electron chi connectivity index (χ0n) is 9.99. The second-order valence-corrected chi connectivity index (χ2v) is 4.14. The van der Waals surface area contributed by atoms with Crippen molar-refractivity contribution in [2.75, 3.05) is 0 Å². The van der Waals surface area contributed by atoms with Crippen LogP contribution >= 0.6 is 0 Å². The summed E-state index contributed by atoms with van der Waals surface area (Å²) in [6.07, 6.45) is 5.40. The number of rotatable bonds is 2. The second kappa shape index (κ2) is 4.19. The summed E-state index contributed by atoms with van der Waals surface area (Å²) >= 11 is 0. The van der Waals surface area contributed by atoms with Gasteiger partial charge in [-0.25, -0.2) is 9.97 Å². The third kappa shape index (κ3) is 1.65. The lowest BCUT2D eigenvalue weighted by Crippen LogP contribution is -2.07. The Hall–Kier alpha value is -2.27. The van der Waals surface area contributed by atoms with Crippen LogP contribution in [0.2, 0.25) is 0 Å². The number of pyridine rings is 1. The summed E-state index contributed by atoms with van der Waals surface area (Å²) in [6.45, 7) is 1.91. The van der Waals surface area contributed by atoms with Crippen LogP contribution < -0.4 is 5.73 Å². The molecule has 0 bridgehead atoms. The molecule has 3 heterocycles. The molecule has 0 radical (unpaired) electrons. The molecule has 1 unspecified atom stereocenters. The molecule has 90 valence electrons. The third-order valence-corrected chi connectivity index (χ3v) is 2.77. The van der Waals surface area contributed by atoms with Gasteiger partial charge in [-0.1, -0.05) is 6.07 Å². The Labute approximate surface area is 104 Å². The summed E-state index contributed by atoms with van der Waals surface area (Å²) in [5, 5.41) is 0. The van der Waals surface area contributed by atoms with E-state index < -0.39 is 0 Å². The van der Waals surface area contributed by atoms with E-state index in [1.54, 1.807) is 12.4 Å². The van der Waals surface area contributed by atoms with Crippen molar-refractivity contribution in [2.45, 2.75) is 13.0 Å². The molecule has 1 atom stereocenters. The van der Waals surface area contributed by atoms with E-state index in [4.69, 9.17) is 5.73 Å². The molecule has 0 aromatic carbocycles. The van der Waals surface area contributed by atoms with Crippen LogP contribution in [-0.2, 0) is 0 Å². The minimum atomic E-state index is -0.163. The second-order valence-electron chi connectivity index (χ2n) is 4.14. The number of imidazole rings is 1. The predicted molar refractivity (Wildman–Crippen MR) is 68.8 cm³/mol. The van der Waals surface area contributed by atoms with Crippen LogP contribution in [0, 0.1) is 0 Å². The number of hydrogen-bond acceptors (Lipinski definition) is 4. The summed E-state index contributed by atoms with van der Waals surface area (Å²) in [4.78, 5) is 13.1. The lowest BCUT2D eigenvalue weighted by Gasteiger charge is -2.06. The van der Waals surface area contributed by atoms with Gasteiger partial charge in [-0.2, -0.15) is 0 Å². The zero-order valence-corrected chi connectivity index (χ0v) is 9.99. The van der Waals surface area contributed by atoms with Gasteiger partial charge in [-0.15, -0.1) is 0 Å². The molecule has 0 amide bonds. The van der Waals surface area contributed by atoms with Crippen molar-refractivity contribution in [1.82, 2.24) is 19.4 Å². The van der Waals surface area contributed by atoms with Crippen molar-refractivity contribution in [3.8, 4) is 11.4 Å². The van der Waals surface area contributed by atoms with Gasteiger partial charge in [0.15, 0.2) is 0 Å². The van der Waals surface area contributed by atoms with Gasteiger partial charge in [0.2, 0.25) is 5.78 Å². The average Bonchev–Trinajstić information content (AvgIpc) is 2.79. The van der Waals surface area contributed by atoms with E-state index in [0.717, 1.165) is 17.1 Å². The first-order valence-electron chi connectivity index (χ1n) is 5.77. The minimum Gasteiger partial charge on any atom is -0.323 e. The maximum Gasteiger partial charge on any atom is 0.234 e. The molecule has 0 aliphatic heterocycles. The summed E-state index contributed by atoms with van der Waals surface area (Å²) in [7, 11) is 0. The lowest BCUT2D eigenvalue weighted by atomic mass is 10.1. The maximum absolute atomic E-state index is 5.98. The lowest BCUT2D eigenvalue weighted by molar-refractivity contribution is 0.791. The molecule has 3 aromatic rings. The van der Waals surface area contributed by atoms with Gasteiger partial charge >= 0.3 is 0 Å². The van der Waals surface area contributed by atoms with Gasteiger partial charge in [0.25, 0.3) is 0 Å². The Morgan fingerprint density at radius 1 is 1.17 bits per heavy atom. The highest BCUT2D eigenvalue weighted by Crippen LogP contribution is 2.25. The molecule has 18 heavy (non-hydrogen) atoms. The Bertz CT molecular complexity index is 672. The molecule has 0 fully saturated rings. The van der Waals surface area contributed by atoms with Crippen LogP contribution in [0.5, 0.6) is 0 Å². The number of nitrogens with zero attached hydrogens (tertiary/aromatic N) is 4. The molecule has 3 rings (SSSR count). The normalized spacial score (nSPS) is 12.8. The van der Waals surface area contributed by atoms with Crippen molar-refractivity contribution < 1.29 is 0 Å². The van der Waals surface area contributed by atoms with Crippen LogP contribution in [0.1, 0.15) is 18.7 Å². The molecule has 0 saturated heterocycles. The maximum atomic E-state index is 5.98. The fraction of sp³-hybridized carbons (Fsp3) is 0.154. The molecule has 2 N–H and O–H groups in total. The van der Waals surface area contributed by atoms with E-state index in [1.807, 2.05) is 41.8 Å². The van der Waals surface area contributed by atoms with Gasteiger partial charge in [0, 0.05) is 24.6 Å². The standard InChI is InChI=1S/C13H13N5/c1-9(14)11-12(10-5-2-3-6-15-10)18-8-4-7-16-13(18)17-11/h2-9H,14H2,1H3. The molecule has 0 aliphatic rings. The monoisotopic (exact) mass is 239 g/mol. The molecule has 0 aliphatic carbocycles. The van der Waals surface area contributed by atoms with Gasteiger partial charge in [-0.3, -0.25) is 9.38 Å². The molecular weight excluding hydrogens is 226 g/mol. The summed E-state index contributed by atoms with van der Waals surface area (Å²) in [5.74, 6) is 0.644. The van der Waals surface area contributed by atoms with E-state index in [0.29, 0.717) is 5.78 Å². The predicted octanol–water partition coefficient (Wildman–Crippen LogP) is 1.81. The van der Waals surface area contributed by atoms with Crippen molar-refractivity contribution >= 4 is 5.78 Å². The van der Waals surface area contributed by atoms with Crippen LogP contribution in [0.4, 0.5) is 0 Å². The fourth-order valence-electron chi connectivity index (χ4n) is 1.98. The number of aromatic nitrogens is 4. The smallest absolute Gasteiger partial charge is 0.234 e. The van der Waals surface area contributed by atoms with E-state index in [9.17, 15) is 0 Å². The van der Waals surface area contributed by atoms with Crippen LogP contribution in [0.3, 0.4) is 0 Å². The third-order valence-electron chi connectivity index (χ3n) is 2.77. The van der Waals surface area contributed by atoms with Crippen LogP contribution in [-0.4, -0.2) is 19.4 Å². The highest BCUT2D eigenvalue weighted by molar-refractivity contribution is 5.63. The van der Waals surface area contributed by atoms with E-state index in [2.05, 4.69) is 15.0 Å². The summed E-state index contributed by atoms with van der Waals surface area (Å²) in [5.41, 5.74) is 8.56. The Kier molecular flexibility index (Phi) is 2.53. The molecule has 3 aromatic heterocycles. The molecule has 5 nitrogen and oxygen atoms in total. The first kappa shape index (κ1) is 10.9. The minimum absolute atomic E-state index is 0.163. The topological polar surface area (TPSA) is 69.1 Å². The largest absolute Gasteiger partial charge is 0.323 e. The first-order valence-corrected chi connectivity index (χ1v) is 5.77. The van der Waals surface area contributed by atoms with Gasteiger partial charge < -0.3 is 5.73 Å². The van der Waals surface area contributed by atoms with Crippen molar-refractivity contribution in [1.29, 1.82) is 0 Å². The number of nitrogens with two attached hydrogens (primary N) is 1. The number of hydrogen-bond donors (Lipinski definition) is 1. The fourth-order valence-corrected chi connectivity index (χ4v) is 1.98. The Morgan fingerprint density at radius 2 is 2.00 bits per heavy atom. The zero-order chi connectivity index (χ0) is 12.5.